The predicted molar refractivity (Wildman–Crippen MR) is 157 cm³/mol. The molecule has 190 valence electrons. The van der Waals surface area contributed by atoms with Crippen LogP contribution in [0.5, 0.6) is 17.2 Å². The van der Waals surface area contributed by atoms with Crippen molar-refractivity contribution in [1.82, 2.24) is 0 Å². The third-order valence-electron chi connectivity index (χ3n) is 7.57. The largest absolute Gasteiger partial charge is 0.494 e. The van der Waals surface area contributed by atoms with Gasteiger partial charge >= 0.3 is 0 Å². The van der Waals surface area contributed by atoms with E-state index < -0.39 is 0 Å². The Kier molecular flexibility index (Phi) is 6.07. The zero-order valence-electron chi connectivity index (χ0n) is 22.4. The average molecular weight is 501 g/mol. The number of ether oxygens (including phenoxy) is 3. The molecule has 0 atom stereocenters. The molecule has 3 nitrogen and oxygen atoms in total. The molecule has 0 bridgehead atoms. The van der Waals surface area contributed by atoms with Gasteiger partial charge in [0.2, 0.25) is 6.79 Å². The summed E-state index contributed by atoms with van der Waals surface area (Å²) in [4.78, 5) is 0. The van der Waals surface area contributed by atoms with E-state index in [2.05, 4.69) is 106 Å². The molecule has 0 saturated carbocycles. The summed E-state index contributed by atoms with van der Waals surface area (Å²) >= 11 is 0. The van der Waals surface area contributed by atoms with E-state index in [1.165, 1.54) is 33.4 Å². The molecule has 0 radical (unpaired) electrons. The van der Waals surface area contributed by atoms with Gasteiger partial charge in [-0.2, -0.15) is 0 Å². The average Bonchev–Trinajstić information content (AvgIpc) is 3.48. The van der Waals surface area contributed by atoms with Crippen molar-refractivity contribution in [3.8, 4) is 28.4 Å². The number of rotatable bonds is 6. The number of aryl methyl sites for hydroxylation is 1. The Balaban J connectivity index is 1.26. The zero-order chi connectivity index (χ0) is 26.3. The Bertz CT molecular complexity index is 1590. The SMILES string of the molecule is CCOc1cc(/C=C/c2ccc3c(c2)C(C)(C)c2cc(/C=C/c4ccc5c(c4)OCO5)ccc2-3)ccc1C. The van der Waals surface area contributed by atoms with Crippen LogP contribution >= 0.6 is 0 Å². The lowest BCUT2D eigenvalue weighted by molar-refractivity contribution is 0.174. The van der Waals surface area contributed by atoms with Crippen molar-refractivity contribution in [2.45, 2.75) is 33.1 Å². The van der Waals surface area contributed by atoms with Gasteiger partial charge in [0.15, 0.2) is 11.5 Å². The highest BCUT2D eigenvalue weighted by Crippen LogP contribution is 2.49. The van der Waals surface area contributed by atoms with Crippen molar-refractivity contribution in [3.63, 3.8) is 0 Å². The van der Waals surface area contributed by atoms with Crippen molar-refractivity contribution in [2.75, 3.05) is 13.4 Å². The molecular weight excluding hydrogens is 468 g/mol. The van der Waals surface area contributed by atoms with E-state index in [4.69, 9.17) is 14.2 Å². The second kappa shape index (κ2) is 9.57. The lowest BCUT2D eigenvalue weighted by atomic mass is 9.81. The van der Waals surface area contributed by atoms with Gasteiger partial charge in [0.05, 0.1) is 6.61 Å². The fourth-order valence-corrected chi connectivity index (χ4v) is 5.41. The molecule has 0 amide bonds. The topological polar surface area (TPSA) is 27.7 Å². The summed E-state index contributed by atoms with van der Waals surface area (Å²) in [5.74, 6) is 2.56. The van der Waals surface area contributed by atoms with E-state index in [9.17, 15) is 0 Å². The molecule has 4 aromatic carbocycles. The quantitative estimate of drug-likeness (QED) is 0.248. The van der Waals surface area contributed by atoms with Crippen LogP contribution in [-0.2, 0) is 5.41 Å². The van der Waals surface area contributed by atoms with E-state index in [-0.39, 0.29) is 5.41 Å². The lowest BCUT2D eigenvalue weighted by Gasteiger charge is -2.22. The van der Waals surface area contributed by atoms with Crippen molar-refractivity contribution in [1.29, 1.82) is 0 Å². The van der Waals surface area contributed by atoms with Crippen LogP contribution in [0.3, 0.4) is 0 Å². The first kappa shape index (κ1) is 24.1. The monoisotopic (exact) mass is 500 g/mol. The maximum absolute atomic E-state index is 5.77. The minimum Gasteiger partial charge on any atom is -0.494 e. The van der Waals surface area contributed by atoms with Crippen molar-refractivity contribution in [2.24, 2.45) is 0 Å². The predicted octanol–water partition coefficient (Wildman–Crippen LogP) is 8.77. The second-order valence-corrected chi connectivity index (χ2v) is 10.5. The molecule has 0 unspecified atom stereocenters. The van der Waals surface area contributed by atoms with Crippen LogP contribution in [0.2, 0.25) is 0 Å². The van der Waals surface area contributed by atoms with Gasteiger partial charge in [-0.3, -0.25) is 0 Å². The highest BCUT2D eigenvalue weighted by atomic mass is 16.7. The third-order valence-corrected chi connectivity index (χ3v) is 7.57. The molecule has 3 heteroatoms. The van der Waals surface area contributed by atoms with Crippen LogP contribution in [0, 0.1) is 6.92 Å². The summed E-state index contributed by atoms with van der Waals surface area (Å²) in [6.45, 7) is 9.71. The molecule has 6 rings (SSSR count). The summed E-state index contributed by atoms with van der Waals surface area (Å²) in [5.41, 5.74) is 11.1. The standard InChI is InChI=1S/C35H32O3/c1-5-36-33-20-26(7-6-23(33)2)10-8-24-12-15-28-29-16-13-25(19-31(29)35(3,4)30(28)18-24)9-11-27-14-17-32-34(21-27)38-22-37-32/h6-21H,5,22H2,1-4H3/b10-8+,11-9+. The van der Waals surface area contributed by atoms with Crippen LogP contribution in [0.15, 0.2) is 72.8 Å². The van der Waals surface area contributed by atoms with Gasteiger partial charge in [-0.1, -0.05) is 92.7 Å². The minimum absolute atomic E-state index is 0.0802. The van der Waals surface area contributed by atoms with Crippen molar-refractivity contribution in [3.05, 3.63) is 112 Å². The summed E-state index contributed by atoms with van der Waals surface area (Å²) in [6.07, 6.45) is 8.66. The molecule has 4 aromatic rings. The molecule has 1 aliphatic heterocycles. The first-order chi connectivity index (χ1) is 18.4. The van der Waals surface area contributed by atoms with E-state index in [0.29, 0.717) is 13.4 Å². The van der Waals surface area contributed by atoms with E-state index in [1.54, 1.807) is 0 Å². The molecule has 2 aliphatic rings. The van der Waals surface area contributed by atoms with E-state index >= 15 is 0 Å². The number of fused-ring (bicyclic) bond motifs is 4. The lowest BCUT2D eigenvalue weighted by Crippen LogP contribution is -2.15. The normalized spacial score (nSPS) is 14.7. The minimum atomic E-state index is -0.0802. The summed E-state index contributed by atoms with van der Waals surface area (Å²) in [7, 11) is 0. The number of hydrogen-bond acceptors (Lipinski definition) is 3. The number of hydrogen-bond donors (Lipinski definition) is 0. The first-order valence-electron chi connectivity index (χ1n) is 13.2. The van der Waals surface area contributed by atoms with Crippen LogP contribution < -0.4 is 14.2 Å². The fraction of sp³-hybridized carbons (Fsp3) is 0.200. The smallest absolute Gasteiger partial charge is 0.231 e. The van der Waals surface area contributed by atoms with Gasteiger partial charge in [-0.15, -0.1) is 0 Å². The van der Waals surface area contributed by atoms with E-state index in [0.717, 1.165) is 33.9 Å². The summed E-state index contributed by atoms with van der Waals surface area (Å²) in [6, 6.07) is 26.0. The Morgan fingerprint density at radius 1 is 0.684 bits per heavy atom. The molecule has 0 saturated heterocycles. The summed E-state index contributed by atoms with van der Waals surface area (Å²) in [5, 5.41) is 0. The molecule has 0 aromatic heterocycles. The molecule has 38 heavy (non-hydrogen) atoms. The van der Waals surface area contributed by atoms with Crippen LogP contribution in [0.1, 0.15) is 59.7 Å². The fourth-order valence-electron chi connectivity index (χ4n) is 5.41. The highest BCUT2D eigenvalue weighted by molar-refractivity contribution is 5.84. The highest BCUT2D eigenvalue weighted by Gasteiger charge is 2.35. The molecule has 0 spiro atoms. The van der Waals surface area contributed by atoms with Crippen molar-refractivity contribution < 1.29 is 14.2 Å². The first-order valence-corrected chi connectivity index (χ1v) is 13.2. The summed E-state index contributed by atoms with van der Waals surface area (Å²) < 4.78 is 16.7. The van der Waals surface area contributed by atoms with Gasteiger partial charge in [-0.25, -0.2) is 0 Å². The Morgan fingerprint density at radius 3 is 1.84 bits per heavy atom. The zero-order valence-corrected chi connectivity index (χ0v) is 22.4. The number of benzene rings is 4. The second-order valence-electron chi connectivity index (χ2n) is 10.5. The van der Waals surface area contributed by atoms with Gasteiger partial charge in [0.1, 0.15) is 5.75 Å². The maximum atomic E-state index is 5.77. The van der Waals surface area contributed by atoms with Crippen LogP contribution in [-0.4, -0.2) is 13.4 Å². The molecule has 0 fully saturated rings. The maximum Gasteiger partial charge on any atom is 0.231 e. The van der Waals surface area contributed by atoms with Gasteiger partial charge in [0, 0.05) is 5.41 Å². The Labute approximate surface area is 225 Å². The van der Waals surface area contributed by atoms with Gasteiger partial charge in [0.25, 0.3) is 0 Å². The van der Waals surface area contributed by atoms with E-state index in [1.807, 2.05) is 19.1 Å². The molecule has 1 heterocycles. The molecular formula is C35H32O3. The van der Waals surface area contributed by atoms with Gasteiger partial charge < -0.3 is 14.2 Å². The Morgan fingerprint density at radius 2 is 1.21 bits per heavy atom. The van der Waals surface area contributed by atoms with Crippen molar-refractivity contribution >= 4 is 24.3 Å². The van der Waals surface area contributed by atoms with Crippen LogP contribution in [0.25, 0.3) is 35.4 Å². The molecule has 0 N–H and O–H groups in total. The Hall–Kier alpha value is -4.24. The van der Waals surface area contributed by atoms with Gasteiger partial charge in [-0.05, 0) is 82.1 Å². The molecule has 1 aliphatic carbocycles. The van der Waals surface area contributed by atoms with Crippen LogP contribution in [0.4, 0.5) is 0 Å². The third kappa shape index (κ3) is 4.39.